The number of ether oxygens (including phenoxy) is 8. The first-order chi connectivity index (χ1) is 69.2. The lowest BCUT2D eigenvalue weighted by atomic mass is 9.95. The summed E-state index contributed by atoms with van der Waals surface area (Å²) in [5.74, 6) is -0.589. The Bertz CT molecular complexity index is 6120. The van der Waals surface area contributed by atoms with Gasteiger partial charge in [-0.3, -0.25) is 74.4 Å². The summed E-state index contributed by atoms with van der Waals surface area (Å²) >= 11 is 2.75. The molecule has 9 aromatic rings. The number of aromatic nitrogens is 12. The fourth-order valence-corrected chi connectivity index (χ4v) is 21.4. The van der Waals surface area contributed by atoms with Crippen LogP contribution in [0.15, 0.2) is 115 Å². The maximum Gasteiger partial charge on any atom is 0.405 e. The number of aromatic amines is 1. The molecule has 3 aliphatic heterocycles. The van der Waals surface area contributed by atoms with Gasteiger partial charge in [0.05, 0.1) is 82.7 Å². The Morgan fingerprint density at radius 1 is 0.476 bits per heavy atom. The second-order valence-electron chi connectivity index (χ2n) is 38.0. The van der Waals surface area contributed by atoms with Gasteiger partial charge in [0, 0.05) is 49.7 Å². The second-order valence-corrected chi connectivity index (χ2v) is 46.7. The van der Waals surface area contributed by atoms with Crippen molar-refractivity contribution in [1.82, 2.24) is 73.8 Å². The molecule has 3 aliphatic rings. The molecule has 12 rings (SSSR count). The Balaban J connectivity index is 0.000000226. The Kier molecular flexibility index (Phi) is 42.9. The van der Waals surface area contributed by atoms with Crippen molar-refractivity contribution in [3.8, 4) is 11.8 Å². The largest absolute Gasteiger partial charge is 0.476 e. The van der Waals surface area contributed by atoms with Crippen molar-refractivity contribution in [2.24, 2.45) is 16.2 Å². The van der Waals surface area contributed by atoms with Crippen LogP contribution < -0.4 is 41.8 Å². The van der Waals surface area contributed by atoms with Gasteiger partial charge in [-0.1, -0.05) is 153 Å². The molecule has 14 N–H and O–H groups in total. The summed E-state index contributed by atoms with van der Waals surface area (Å²) in [7, 11) is -12.2. The summed E-state index contributed by atoms with van der Waals surface area (Å²) in [5.41, 5.74) is 5.17. The van der Waals surface area contributed by atoms with E-state index in [4.69, 9.17) is 76.5 Å². The summed E-state index contributed by atoms with van der Waals surface area (Å²) in [6, 6.07) is 27.4. The Morgan fingerprint density at radius 3 is 1.16 bits per heavy atom. The molecule has 3 aromatic carbocycles. The van der Waals surface area contributed by atoms with Crippen molar-refractivity contribution in [3.63, 3.8) is 0 Å². The van der Waals surface area contributed by atoms with Gasteiger partial charge in [0.1, 0.15) is 83.5 Å². The lowest BCUT2D eigenvalue weighted by Crippen LogP contribution is -2.44. The van der Waals surface area contributed by atoms with E-state index in [1.165, 1.54) is 67.3 Å². The number of H-pyrrole nitrogens is 1. The SMILES string of the molecule is CCCC(=O)OCC(C)(C)C(=O)SCCOP(=O)(NCc1ccccc1)OCC1O[C@@H](n2cnc3c(OCC)nc(N)nc32)[C@](C)(O)[C@@H]1O.CCCCCC(=O)OCC(C)(C)C(=O)SCCOP(=O)(NCc1ccccc1)OCC1O[C@@H](n2cnc3c(OCC)nc(N)nc32)[C@](C)(O)[C@@H]1O.Cc1nc2c(ncn2[C@@H]2OC(COP(=O)(NCc3ccccc3)OCCSC(=O)C(C)(C)C(=O)OC(C)(C)C)[C@@H](O)[C@@]2(C)O)c(=O)[nH]1. The summed E-state index contributed by atoms with van der Waals surface area (Å²) in [6.45, 7) is 27.0. The van der Waals surface area contributed by atoms with E-state index >= 15 is 0 Å². The minimum atomic E-state index is -4.10. The predicted octanol–water partition coefficient (Wildman–Crippen LogP) is 10.5. The van der Waals surface area contributed by atoms with Crippen LogP contribution in [-0.2, 0) is 118 Å². The summed E-state index contributed by atoms with van der Waals surface area (Å²) in [4.78, 5) is 124. The average Bonchev–Trinajstić information content (AvgIpc) is 1.60. The fourth-order valence-electron chi connectivity index (χ4n) is 14.7. The van der Waals surface area contributed by atoms with Crippen molar-refractivity contribution in [1.29, 1.82) is 0 Å². The van der Waals surface area contributed by atoms with E-state index in [-0.39, 0.29) is 156 Å². The molecule has 6 unspecified atom stereocenters. The van der Waals surface area contributed by atoms with Gasteiger partial charge < -0.3 is 85.0 Å². The highest BCUT2D eigenvalue weighted by Crippen LogP contribution is 2.52. The topological polar surface area (TPSA) is 643 Å². The molecule has 0 radical (unpaired) electrons. The molecule has 147 heavy (non-hydrogen) atoms. The number of nitrogen functional groups attached to an aromatic ring is 2. The number of aliphatic hydroxyl groups is 6. The number of anilines is 2. The van der Waals surface area contributed by atoms with E-state index in [1.807, 2.05) is 105 Å². The first kappa shape index (κ1) is 120. The number of nitrogens with two attached hydrogens (primary N) is 2. The number of esters is 3. The van der Waals surface area contributed by atoms with Gasteiger partial charge in [-0.25, -0.2) is 48.9 Å². The van der Waals surface area contributed by atoms with E-state index in [0.29, 0.717) is 31.9 Å². The quantitative estimate of drug-likeness (QED) is 0.00554. The maximum atomic E-state index is 14.0. The third-order valence-corrected chi connectivity index (χ3v) is 31.2. The van der Waals surface area contributed by atoms with Crippen LogP contribution in [0.25, 0.3) is 33.5 Å². The normalized spacial score (nSPS) is 22.4. The van der Waals surface area contributed by atoms with Gasteiger partial charge in [0.25, 0.3) is 5.56 Å². The van der Waals surface area contributed by atoms with E-state index in [2.05, 4.69) is 60.1 Å². The summed E-state index contributed by atoms with van der Waals surface area (Å²) in [5, 5.41) is 74.9. The van der Waals surface area contributed by atoms with E-state index in [1.54, 1.807) is 69.2 Å². The van der Waals surface area contributed by atoms with Crippen LogP contribution in [0.1, 0.15) is 191 Å². The van der Waals surface area contributed by atoms with Gasteiger partial charge >= 0.3 is 41.1 Å². The van der Waals surface area contributed by atoms with Gasteiger partial charge in [-0.15, -0.1) is 0 Å². The van der Waals surface area contributed by atoms with Crippen LogP contribution >= 0.6 is 58.5 Å². The lowest BCUT2D eigenvalue weighted by Gasteiger charge is -2.27. The Hall–Kier alpha value is -9.25. The minimum absolute atomic E-state index is 0.0260. The number of aryl methyl sites for hydroxylation is 1. The smallest absolute Gasteiger partial charge is 0.405 e. The number of thioether (sulfide) groups is 3. The van der Waals surface area contributed by atoms with Crippen molar-refractivity contribution < 1.29 is 138 Å². The number of carbonyl (C=O) groups excluding carboxylic acids is 6. The molecule has 6 aromatic heterocycles. The fraction of sp³-hybridized carbons (Fsp3) is 0.585. The second kappa shape index (κ2) is 52.7. The number of nitrogens with one attached hydrogen (secondary N) is 4. The number of rotatable bonds is 51. The molecule has 0 bridgehead atoms. The number of fused-ring (bicyclic) bond motifs is 3. The van der Waals surface area contributed by atoms with E-state index < -0.39 is 154 Å². The van der Waals surface area contributed by atoms with Gasteiger partial charge in [-0.2, -0.15) is 19.9 Å². The first-order valence-corrected chi connectivity index (χ1v) is 55.3. The highest BCUT2D eigenvalue weighted by molar-refractivity contribution is 8.14. The standard InChI is InChI=1S/C33H49N6O10PS.C31H45N6O10PS.C30H42N5O10PS/c1-6-8-10-15-24(40)46-20-32(3,4)30(42)51-17-16-47-50(44,36-18-22-13-11-9-12-14-22)48-19-23-26(41)33(5,43)29(49-23)39-21-35-25-27(39)37-31(34)38-28(25)45-7-2;1-6-11-22(38)44-18-30(3,4)28(40)49-15-14-45-48(42,34-16-20-12-9-8-10-13-20)46-17-21-24(39)31(5,41)27(47-21)37-19-33-23-25(37)35-29(32)36-26(23)43-7-2;1-18-33-23-21(24(37)34-18)31-17-35(23)25-30(7,40)22(36)20(44-25)16-43-46(41,32-15-19-11-9-8-10-12-19)42-13-14-47-27(39)29(5,6)26(38)45-28(2,3)4/h9,11-14,21,23,26,29,41,43H,6-8,10,15-20H2,1-5H3,(H,36,44)(H2,34,37,38);8-10,12-13,19,21,24,27,39,41H,6-7,11,14-18H2,1-5H3,(H,34,42)(H2,32,35,36);8-12,17,20,22,25,36,40H,13-16H2,1-7H3,(H,32,41)(H,33,34,37)/t23?,26-,29-,33-,50?;21?,24-,27-,31-,48?;20?,22-,25-,30-,46?/m111/s1. The highest BCUT2D eigenvalue weighted by atomic mass is 32.2. The average molecular weight is 2170 g/mol. The van der Waals surface area contributed by atoms with E-state index in [9.17, 15) is 77.9 Å². The number of carbonyl (C=O) groups is 6. The zero-order chi connectivity index (χ0) is 108. The van der Waals surface area contributed by atoms with Crippen LogP contribution in [0.5, 0.6) is 11.8 Å². The zero-order valence-corrected chi connectivity index (χ0v) is 90.4. The molecule has 3 saturated heterocycles. The third-order valence-electron chi connectivity index (χ3n) is 23.0. The van der Waals surface area contributed by atoms with Crippen LogP contribution in [0, 0.1) is 23.2 Å². The monoisotopic (exact) mass is 2170 g/mol. The van der Waals surface area contributed by atoms with Crippen molar-refractivity contribution in [3.05, 3.63) is 143 Å². The lowest BCUT2D eigenvalue weighted by molar-refractivity contribution is -0.166. The van der Waals surface area contributed by atoms with Crippen LogP contribution in [-0.4, -0.2) is 265 Å². The molecule has 0 aliphatic carbocycles. The number of hydrogen-bond acceptors (Lipinski definition) is 43. The maximum absolute atomic E-state index is 14.0. The first-order valence-electron chi connectivity index (χ1n) is 47.7. The third kappa shape index (κ3) is 32.4. The number of unbranched alkanes of at least 4 members (excludes halogenated alkanes) is 2. The molecule has 9 heterocycles. The number of benzene rings is 3. The highest BCUT2D eigenvalue weighted by Gasteiger charge is 2.58. The Morgan fingerprint density at radius 2 is 0.816 bits per heavy atom. The zero-order valence-electron chi connectivity index (χ0n) is 85.3. The van der Waals surface area contributed by atoms with Gasteiger partial charge in [0.2, 0.25) is 28.8 Å². The number of aliphatic hydroxyl groups excluding tert-OH is 3. The molecular formula is C94H136N17O30P3S3. The Labute approximate surface area is 863 Å². The van der Waals surface area contributed by atoms with Gasteiger partial charge in [0.15, 0.2) is 62.4 Å². The van der Waals surface area contributed by atoms with Crippen molar-refractivity contribution >= 4 is 137 Å². The van der Waals surface area contributed by atoms with Crippen molar-refractivity contribution in [2.75, 3.05) is 94.8 Å². The summed E-state index contributed by atoms with van der Waals surface area (Å²) in [6.07, 6.45) is -3.74. The molecule has 3 fully saturated rings. The van der Waals surface area contributed by atoms with Crippen LogP contribution in [0.2, 0.25) is 0 Å². The number of nitrogens with zero attached hydrogens (tertiary/aromatic N) is 11. The van der Waals surface area contributed by atoms with Crippen LogP contribution in [0.4, 0.5) is 11.9 Å². The van der Waals surface area contributed by atoms with Crippen molar-refractivity contribution in [2.45, 2.75) is 254 Å². The number of hydrogen-bond donors (Lipinski definition) is 12. The molecule has 810 valence electrons. The number of imidazole rings is 3. The summed E-state index contributed by atoms with van der Waals surface area (Å²) < 4.78 is 125. The molecule has 53 heteroatoms. The minimum Gasteiger partial charge on any atom is -0.476 e. The molecule has 0 amide bonds. The molecule has 0 saturated carbocycles. The molecular weight excluding hydrogens is 2040 g/mol. The predicted molar refractivity (Wildman–Crippen MR) is 545 cm³/mol. The molecule has 0 spiro atoms. The molecule has 15 atom stereocenters. The van der Waals surface area contributed by atoms with E-state index in [0.717, 1.165) is 71.2 Å². The molecule has 47 nitrogen and oxygen atoms in total. The van der Waals surface area contributed by atoms with Crippen LogP contribution in [0.3, 0.4) is 0 Å². The van der Waals surface area contributed by atoms with Gasteiger partial charge in [-0.05, 0) is 133 Å².